The van der Waals surface area contributed by atoms with Crippen LogP contribution in [0.25, 0.3) is 5.69 Å². The number of likely N-dealkylation sites (N-methyl/N-ethyl adjacent to an activating group) is 1. The Hall–Kier alpha value is -2.66. The normalized spacial score (nSPS) is 19.9. The molecule has 1 aliphatic rings. The molecule has 1 N–H and O–H groups in total. The van der Waals surface area contributed by atoms with Crippen LogP contribution in [0.1, 0.15) is 29.0 Å². The van der Waals surface area contributed by atoms with Gasteiger partial charge in [-0.25, -0.2) is 0 Å². The van der Waals surface area contributed by atoms with Crippen LogP contribution in [-0.4, -0.2) is 26.6 Å². The zero-order valence-corrected chi connectivity index (χ0v) is 15.1. The average molecular weight is 348 g/mol. The molecule has 4 nitrogen and oxygen atoms in total. The average Bonchev–Trinajstić information content (AvgIpc) is 3.22. The molecule has 0 aliphatic carbocycles. The van der Waals surface area contributed by atoms with Crippen molar-refractivity contribution >= 4 is 17.3 Å². The SMILES string of the molecule is Cc1ccc(-n2cccc2[C@H]2[C@@H](c3ccccn3)NC(=S)N2C)cc1. The fourth-order valence-corrected chi connectivity index (χ4v) is 3.64. The molecule has 0 radical (unpaired) electrons. The van der Waals surface area contributed by atoms with E-state index in [0.717, 1.165) is 16.5 Å². The van der Waals surface area contributed by atoms with Crippen molar-refractivity contribution in [2.45, 2.75) is 19.0 Å². The molecule has 0 unspecified atom stereocenters. The highest BCUT2D eigenvalue weighted by atomic mass is 32.1. The van der Waals surface area contributed by atoms with Gasteiger partial charge in [-0.15, -0.1) is 0 Å². The molecule has 0 amide bonds. The van der Waals surface area contributed by atoms with Crippen LogP contribution in [0.15, 0.2) is 67.0 Å². The second-order valence-corrected chi connectivity index (χ2v) is 6.76. The van der Waals surface area contributed by atoms with Crippen LogP contribution in [0.3, 0.4) is 0 Å². The Morgan fingerprint density at radius 2 is 1.84 bits per heavy atom. The van der Waals surface area contributed by atoms with Crippen LogP contribution in [0.5, 0.6) is 0 Å². The summed E-state index contributed by atoms with van der Waals surface area (Å²) >= 11 is 5.52. The topological polar surface area (TPSA) is 33.1 Å². The van der Waals surface area contributed by atoms with Crippen molar-refractivity contribution in [1.82, 2.24) is 19.8 Å². The first-order chi connectivity index (χ1) is 12.1. The predicted octanol–water partition coefficient (Wildman–Crippen LogP) is 3.78. The first-order valence-electron chi connectivity index (χ1n) is 8.34. The van der Waals surface area contributed by atoms with Crippen LogP contribution in [0.4, 0.5) is 0 Å². The third kappa shape index (κ3) is 2.81. The maximum atomic E-state index is 5.52. The van der Waals surface area contributed by atoms with Gasteiger partial charge in [-0.3, -0.25) is 4.98 Å². The summed E-state index contributed by atoms with van der Waals surface area (Å²) in [5, 5.41) is 4.18. The summed E-state index contributed by atoms with van der Waals surface area (Å²) < 4.78 is 2.23. The minimum absolute atomic E-state index is 0.0257. The van der Waals surface area contributed by atoms with E-state index in [1.165, 1.54) is 11.3 Å². The van der Waals surface area contributed by atoms with Crippen molar-refractivity contribution in [2.24, 2.45) is 0 Å². The molecule has 4 rings (SSSR count). The Labute approximate surface area is 153 Å². The fraction of sp³-hybridized carbons (Fsp3) is 0.200. The molecule has 2 atom stereocenters. The van der Waals surface area contributed by atoms with E-state index in [0.29, 0.717) is 0 Å². The van der Waals surface area contributed by atoms with Gasteiger partial charge in [-0.2, -0.15) is 0 Å². The highest BCUT2D eigenvalue weighted by molar-refractivity contribution is 7.80. The van der Waals surface area contributed by atoms with Crippen molar-refractivity contribution in [1.29, 1.82) is 0 Å². The molecule has 126 valence electrons. The lowest BCUT2D eigenvalue weighted by molar-refractivity contribution is 0.357. The monoisotopic (exact) mass is 348 g/mol. The van der Waals surface area contributed by atoms with Crippen LogP contribution in [-0.2, 0) is 0 Å². The lowest BCUT2D eigenvalue weighted by atomic mass is 10.0. The van der Waals surface area contributed by atoms with Crippen LogP contribution in [0, 0.1) is 6.92 Å². The van der Waals surface area contributed by atoms with Crippen molar-refractivity contribution < 1.29 is 0 Å². The molecule has 2 aromatic heterocycles. The molecule has 1 fully saturated rings. The molecule has 1 aromatic carbocycles. The standard InChI is InChI=1S/C20H20N4S/c1-14-8-10-15(11-9-14)24-13-5-7-17(24)19-18(22-20(25)23(19)2)16-6-3-4-12-21-16/h3-13,18-19H,1-2H3,(H,22,25)/t18-,19+/m1/s1. The Morgan fingerprint density at radius 1 is 1.04 bits per heavy atom. The Bertz CT molecular complexity index is 886. The number of rotatable bonds is 3. The maximum absolute atomic E-state index is 5.52. The van der Waals surface area contributed by atoms with Gasteiger partial charge in [0.2, 0.25) is 0 Å². The van der Waals surface area contributed by atoms with Crippen LogP contribution < -0.4 is 5.32 Å². The highest BCUT2D eigenvalue weighted by Gasteiger charge is 2.39. The third-order valence-electron chi connectivity index (χ3n) is 4.73. The molecule has 0 saturated carbocycles. The zero-order chi connectivity index (χ0) is 17.4. The third-order valence-corrected chi connectivity index (χ3v) is 5.14. The molecule has 0 bridgehead atoms. The largest absolute Gasteiger partial charge is 0.352 e. The van der Waals surface area contributed by atoms with Crippen molar-refractivity contribution in [3.8, 4) is 5.69 Å². The van der Waals surface area contributed by atoms with Crippen molar-refractivity contribution in [3.63, 3.8) is 0 Å². The molecule has 3 aromatic rings. The number of aryl methyl sites for hydroxylation is 1. The molecule has 1 aliphatic heterocycles. The molecule has 0 spiro atoms. The summed E-state index contributed by atoms with van der Waals surface area (Å²) in [7, 11) is 2.04. The van der Waals surface area contributed by atoms with E-state index < -0.39 is 0 Å². The van der Waals surface area contributed by atoms with Crippen LogP contribution in [0.2, 0.25) is 0 Å². The summed E-state index contributed by atoms with van der Waals surface area (Å²) in [5.74, 6) is 0. The summed E-state index contributed by atoms with van der Waals surface area (Å²) in [6.07, 6.45) is 3.93. The summed E-state index contributed by atoms with van der Waals surface area (Å²) in [6, 6.07) is 18.9. The molecule has 25 heavy (non-hydrogen) atoms. The highest BCUT2D eigenvalue weighted by Crippen LogP contribution is 2.38. The summed E-state index contributed by atoms with van der Waals surface area (Å²) in [4.78, 5) is 6.67. The van der Waals surface area contributed by atoms with E-state index in [1.807, 2.05) is 31.4 Å². The summed E-state index contributed by atoms with van der Waals surface area (Å²) in [6.45, 7) is 2.10. The van der Waals surface area contributed by atoms with Crippen molar-refractivity contribution in [3.05, 3.63) is 83.9 Å². The zero-order valence-electron chi connectivity index (χ0n) is 14.3. The molecule has 3 heterocycles. The first-order valence-corrected chi connectivity index (χ1v) is 8.74. The summed E-state index contributed by atoms with van der Waals surface area (Å²) in [5.41, 5.74) is 4.59. The van der Waals surface area contributed by atoms with Gasteiger partial charge in [0.15, 0.2) is 5.11 Å². The van der Waals surface area contributed by atoms with Gasteiger partial charge in [0, 0.05) is 30.8 Å². The number of aromatic nitrogens is 2. The lowest BCUT2D eigenvalue weighted by Crippen LogP contribution is -2.25. The van der Waals surface area contributed by atoms with Crippen molar-refractivity contribution in [2.75, 3.05) is 7.05 Å². The minimum atomic E-state index is 0.0257. The van der Waals surface area contributed by atoms with E-state index >= 15 is 0 Å². The second kappa shape index (κ2) is 6.33. The van der Waals surface area contributed by atoms with Gasteiger partial charge in [-0.1, -0.05) is 23.8 Å². The number of hydrogen-bond donors (Lipinski definition) is 1. The quantitative estimate of drug-likeness (QED) is 0.730. The van der Waals surface area contributed by atoms with E-state index in [9.17, 15) is 0 Å². The van der Waals surface area contributed by atoms with E-state index in [1.54, 1.807) is 0 Å². The van der Waals surface area contributed by atoms with Gasteiger partial charge >= 0.3 is 0 Å². The Kier molecular flexibility index (Phi) is 4.01. The number of nitrogens with zero attached hydrogens (tertiary/aromatic N) is 3. The number of pyridine rings is 1. The van der Waals surface area contributed by atoms with Gasteiger partial charge in [-0.05, 0) is 55.5 Å². The molecular formula is C20H20N4S. The smallest absolute Gasteiger partial charge is 0.169 e. The van der Waals surface area contributed by atoms with Gasteiger partial charge in [0.05, 0.1) is 17.8 Å². The minimum Gasteiger partial charge on any atom is -0.352 e. The number of hydrogen-bond acceptors (Lipinski definition) is 2. The Morgan fingerprint density at radius 3 is 2.56 bits per heavy atom. The van der Waals surface area contributed by atoms with Crippen LogP contribution >= 0.6 is 12.2 Å². The second-order valence-electron chi connectivity index (χ2n) is 6.38. The van der Waals surface area contributed by atoms with E-state index in [-0.39, 0.29) is 12.1 Å². The number of thiocarbonyl (C=S) groups is 1. The lowest BCUT2D eigenvalue weighted by Gasteiger charge is -2.25. The molecular weight excluding hydrogens is 328 g/mol. The Balaban J connectivity index is 1.78. The fourth-order valence-electron chi connectivity index (χ4n) is 3.40. The van der Waals surface area contributed by atoms with Gasteiger partial charge in [0.25, 0.3) is 0 Å². The number of nitrogens with one attached hydrogen (secondary N) is 1. The maximum Gasteiger partial charge on any atom is 0.169 e. The molecule has 1 saturated heterocycles. The van der Waals surface area contributed by atoms with Gasteiger partial charge in [0.1, 0.15) is 0 Å². The first kappa shape index (κ1) is 15.8. The van der Waals surface area contributed by atoms with E-state index in [4.69, 9.17) is 12.2 Å². The predicted molar refractivity (Wildman–Crippen MR) is 104 cm³/mol. The van der Waals surface area contributed by atoms with E-state index in [2.05, 4.69) is 69.3 Å². The molecule has 5 heteroatoms. The van der Waals surface area contributed by atoms with Gasteiger partial charge < -0.3 is 14.8 Å². The number of benzene rings is 1.